The topological polar surface area (TPSA) is 189 Å². The second kappa shape index (κ2) is 15.7. The van der Waals surface area contributed by atoms with Crippen molar-refractivity contribution in [2.75, 3.05) is 0 Å². The second-order valence-corrected chi connectivity index (χ2v) is 17.1. The van der Waals surface area contributed by atoms with E-state index in [-0.39, 0.29) is 30.0 Å². The molecule has 1 aromatic rings. The van der Waals surface area contributed by atoms with Crippen molar-refractivity contribution in [3.63, 3.8) is 0 Å². The van der Waals surface area contributed by atoms with E-state index in [0.29, 0.717) is 12.8 Å². The maximum Gasteiger partial charge on any atom is 0.272 e. The molecule has 0 radical (unpaired) electrons. The van der Waals surface area contributed by atoms with Crippen molar-refractivity contribution < 1.29 is 33.6 Å². The number of carbonyl (C=O) groups is 6. The highest BCUT2D eigenvalue weighted by molar-refractivity contribution is 6.49. The van der Waals surface area contributed by atoms with Crippen LogP contribution in [0.25, 0.3) is 0 Å². The summed E-state index contributed by atoms with van der Waals surface area (Å²) >= 11 is 0. The molecule has 4 aliphatic rings. The zero-order valence-corrected chi connectivity index (χ0v) is 31.8. The minimum Gasteiger partial charge on any atom is -0.342 e. The summed E-state index contributed by atoms with van der Waals surface area (Å²) in [6.45, 7) is 12.7. The molecule has 52 heavy (non-hydrogen) atoms. The maximum atomic E-state index is 14.9. The van der Waals surface area contributed by atoms with Crippen molar-refractivity contribution in [2.24, 2.45) is 23.2 Å². The fourth-order valence-corrected chi connectivity index (χ4v) is 8.46. The van der Waals surface area contributed by atoms with E-state index < -0.39 is 75.9 Å². The molecule has 0 bridgehead atoms. The predicted molar refractivity (Wildman–Crippen MR) is 191 cm³/mol. The summed E-state index contributed by atoms with van der Waals surface area (Å²) in [5, 5.41) is 8.79. The third-order valence-corrected chi connectivity index (χ3v) is 11.2. The van der Waals surface area contributed by atoms with Gasteiger partial charge < -0.3 is 20.9 Å². The number of nitrogens with one attached hydrogen (secondary N) is 4. The van der Waals surface area contributed by atoms with Crippen LogP contribution < -0.4 is 21.4 Å². The molecule has 2 heterocycles. The third kappa shape index (κ3) is 8.22. The Morgan fingerprint density at radius 2 is 1.62 bits per heavy atom. The molecule has 4 fully saturated rings. The lowest BCUT2D eigenvalue weighted by Crippen LogP contribution is -2.80. The SMILES string of the molecule is CCC1C(=O)C(=O)C1(NOC(C)(C)C)NC(=O)C1CC2CCCCC2N1C(=O)C(NC(=O)C(NC(=O)c1cnccn1)C1CCCCC1)C(C)(C)C. The zero-order valence-electron chi connectivity index (χ0n) is 31.8. The quantitative estimate of drug-likeness (QED) is 0.150. The first-order valence-electron chi connectivity index (χ1n) is 19.0. The molecule has 1 aliphatic heterocycles. The number of carbonyl (C=O) groups excluding carboxylic acids is 6. The van der Waals surface area contributed by atoms with Crippen LogP contribution in [-0.4, -0.2) is 85.5 Å². The van der Waals surface area contributed by atoms with E-state index >= 15 is 0 Å². The molecule has 4 amide bonds. The van der Waals surface area contributed by atoms with Gasteiger partial charge in [0.2, 0.25) is 29.3 Å². The molecule has 286 valence electrons. The molecule has 14 heteroatoms. The van der Waals surface area contributed by atoms with Crippen LogP contribution in [-0.2, 0) is 28.8 Å². The van der Waals surface area contributed by atoms with E-state index in [1.807, 2.05) is 20.8 Å². The van der Waals surface area contributed by atoms with Gasteiger partial charge in [0.15, 0.2) is 5.66 Å². The van der Waals surface area contributed by atoms with Gasteiger partial charge in [0.05, 0.1) is 17.7 Å². The van der Waals surface area contributed by atoms with Gasteiger partial charge in [-0.1, -0.05) is 59.8 Å². The van der Waals surface area contributed by atoms with Crippen molar-refractivity contribution in [1.29, 1.82) is 0 Å². The van der Waals surface area contributed by atoms with Crippen LogP contribution in [0.5, 0.6) is 0 Å². The minimum absolute atomic E-state index is 0.0569. The number of hydrogen-bond acceptors (Lipinski definition) is 10. The Labute approximate surface area is 306 Å². The normalized spacial score (nSPS) is 27.9. The van der Waals surface area contributed by atoms with Crippen molar-refractivity contribution in [3.8, 4) is 0 Å². The highest BCUT2D eigenvalue weighted by atomic mass is 16.7. The van der Waals surface area contributed by atoms with Crippen LogP contribution >= 0.6 is 0 Å². The number of Topliss-reactive ketones (excluding diaryl/α,β-unsaturated/α-hetero) is 2. The molecule has 3 aliphatic carbocycles. The van der Waals surface area contributed by atoms with Crippen LogP contribution in [0.2, 0.25) is 0 Å². The average molecular weight is 724 g/mol. The van der Waals surface area contributed by atoms with E-state index in [2.05, 4.69) is 31.4 Å². The first-order valence-corrected chi connectivity index (χ1v) is 19.0. The standard InChI is InChI=1S/C38H57N7O7/c1-8-24-29(46)31(47)38(24,44-52-37(5,6)7)43-33(49)27-20-23-16-12-13-17-26(23)45(27)35(51)30(36(2,3)4)42-34(50)28(22-14-10-9-11-15-22)41-32(48)25-21-39-18-19-40-25/h18-19,21-24,26-28,30,44H,8-17,20H2,1-7H3,(H,41,48)(H,42,50)(H,43,49). The van der Waals surface area contributed by atoms with Crippen molar-refractivity contribution in [1.82, 2.24) is 36.3 Å². The first kappa shape index (κ1) is 39.4. The summed E-state index contributed by atoms with van der Waals surface area (Å²) < 4.78 is 0. The number of aromatic nitrogens is 2. The Bertz CT molecular complexity index is 1520. The monoisotopic (exact) mass is 723 g/mol. The Kier molecular flexibility index (Phi) is 11.9. The number of amides is 4. The molecule has 7 unspecified atom stereocenters. The minimum atomic E-state index is -1.76. The Hall–Kier alpha value is -3.78. The van der Waals surface area contributed by atoms with Gasteiger partial charge in [0, 0.05) is 18.4 Å². The Morgan fingerprint density at radius 3 is 2.23 bits per heavy atom. The third-order valence-electron chi connectivity index (χ3n) is 11.2. The Balaban J connectivity index is 1.43. The highest BCUT2D eigenvalue weighted by Gasteiger charge is 2.64. The average Bonchev–Trinajstić information content (AvgIpc) is 3.51. The van der Waals surface area contributed by atoms with Gasteiger partial charge >= 0.3 is 0 Å². The molecule has 5 rings (SSSR count). The number of hydroxylamine groups is 1. The molecule has 0 spiro atoms. The summed E-state index contributed by atoms with van der Waals surface area (Å²) in [6.07, 6.45) is 12.7. The lowest BCUT2D eigenvalue weighted by Gasteiger charge is -2.47. The van der Waals surface area contributed by atoms with Gasteiger partial charge in [-0.15, -0.1) is 0 Å². The largest absolute Gasteiger partial charge is 0.342 e. The number of likely N-dealkylation sites (tertiary alicyclic amines) is 1. The molecule has 3 saturated carbocycles. The van der Waals surface area contributed by atoms with Gasteiger partial charge in [-0.3, -0.25) is 38.6 Å². The van der Waals surface area contributed by atoms with Crippen LogP contribution in [0.3, 0.4) is 0 Å². The lowest BCUT2D eigenvalue weighted by atomic mass is 9.69. The summed E-state index contributed by atoms with van der Waals surface area (Å²) in [4.78, 5) is 98.3. The number of hydrogen-bond donors (Lipinski definition) is 4. The summed E-state index contributed by atoms with van der Waals surface area (Å²) in [5.41, 5.74) is -0.430. The van der Waals surface area contributed by atoms with Crippen LogP contribution in [0.4, 0.5) is 0 Å². The summed E-state index contributed by atoms with van der Waals surface area (Å²) in [6, 6.07) is -3.13. The van der Waals surface area contributed by atoms with E-state index in [1.165, 1.54) is 18.6 Å². The molecule has 1 saturated heterocycles. The van der Waals surface area contributed by atoms with Gasteiger partial charge in [-0.05, 0) is 76.5 Å². The first-order chi connectivity index (χ1) is 24.5. The van der Waals surface area contributed by atoms with E-state index in [9.17, 15) is 28.8 Å². The van der Waals surface area contributed by atoms with Crippen LogP contribution in [0, 0.1) is 23.2 Å². The smallest absolute Gasteiger partial charge is 0.272 e. The van der Waals surface area contributed by atoms with Crippen LogP contribution in [0.1, 0.15) is 130 Å². The molecule has 4 N–H and O–H groups in total. The molecular formula is C38H57N7O7. The molecule has 7 atom stereocenters. The predicted octanol–water partition coefficient (Wildman–Crippen LogP) is 3.16. The van der Waals surface area contributed by atoms with Gasteiger partial charge in [-0.25, -0.2) is 4.98 Å². The van der Waals surface area contributed by atoms with E-state index in [4.69, 9.17) is 4.84 Å². The molecule has 0 aromatic carbocycles. The van der Waals surface area contributed by atoms with Gasteiger partial charge in [-0.2, -0.15) is 5.48 Å². The number of nitrogens with zero attached hydrogens (tertiary/aromatic N) is 3. The zero-order chi connectivity index (χ0) is 38.0. The van der Waals surface area contributed by atoms with Crippen molar-refractivity contribution in [2.45, 2.75) is 155 Å². The van der Waals surface area contributed by atoms with E-state index in [0.717, 1.165) is 51.4 Å². The molecular weight excluding hydrogens is 666 g/mol. The van der Waals surface area contributed by atoms with Crippen LogP contribution in [0.15, 0.2) is 18.6 Å². The summed E-state index contributed by atoms with van der Waals surface area (Å²) in [5.74, 6) is -4.23. The highest BCUT2D eigenvalue weighted by Crippen LogP contribution is 2.42. The maximum absolute atomic E-state index is 14.9. The molecule has 14 nitrogen and oxygen atoms in total. The Morgan fingerprint density at radius 1 is 0.942 bits per heavy atom. The fraction of sp³-hybridized carbons (Fsp3) is 0.737. The summed E-state index contributed by atoms with van der Waals surface area (Å²) in [7, 11) is 0. The van der Waals surface area contributed by atoms with Crippen molar-refractivity contribution in [3.05, 3.63) is 24.3 Å². The lowest BCUT2D eigenvalue weighted by molar-refractivity contribution is -0.184. The number of fused-ring (bicyclic) bond motifs is 1. The van der Waals surface area contributed by atoms with Gasteiger partial charge in [0.25, 0.3) is 5.91 Å². The second-order valence-electron chi connectivity index (χ2n) is 17.1. The number of rotatable bonds is 11. The molecule has 1 aromatic heterocycles. The fourth-order valence-electron chi connectivity index (χ4n) is 8.46. The van der Waals surface area contributed by atoms with Gasteiger partial charge in [0.1, 0.15) is 23.8 Å². The van der Waals surface area contributed by atoms with Crippen molar-refractivity contribution >= 4 is 35.2 Å². The van der Waals surface area contributed by atoms with E-state index in [1.54, 1.807) is 32.6 Å². The number of ketones is 2.